The van der Waals surface area contributed by atoms with Crippen molar-refractivity contribution >= 4 is 11.8 Å². The largest absolute Gasteiger partial charge is 0.483 e. The minimum atomic E-state index is -0.809. The number of pyridine rings is 1. The van der Waals surface area contributed by atoms with Gasteiger partial charge in [-0.05, 0) is 31.4 Å². The maximum Gasteiger partial charge on any atom is 0.275 e. The molecule has 2 amide bonds. The Morgan fingerprint density at radius 1 is 1.12 bits per heavy atom. The number of hydrogen-bond donors (Lipinski definition) is 1. The van der Waals surface area contributed by atoms with Crippen LogP contribution in [0.2, 0.25) is 0 Å². The summed E-state index contributed by atoms with van der Waals surface area (Å²) in [5, 5.41) is 2.62. The summed E-state index contributed by atoms with van der Waals surface area (Å²) in [5.74, 6) is -2.84. The molecule has 0 fully saturated rings. The number of carbonyl (C=O) groups excluding carboxylic acids is 2. The van der Waals surface area contributed by atoms with Crippen LogP contribution in [0.25, 0.3) is 0 Å². The van der Waals surface area contributed by atoms with Gasteiger partial charge in [-0.2, -0.15) is 0 Å². The predicted molar refractivity (Wildman–Crippen MR) is 146 cm³/mol. The lowest BCUT2D eigenvalue weighted by atomic mass is 9.87. The second kappa shape index (κ2) is 10.3. The van der Waals surface area contributed by atoms with Gasteiger partial charge in [0.15, 0.2) is 11.4 Å². The van der Waals surface area contributed by atoms with Crippen molar-refractivity contribution in [2.24, 2.45) is 0 Å². The van der Waals surface area contributed by atoms with Crippen LogP contribution in [0, 0.1) is 11.6 Å². The Bertz CT molecular complexity index is 1640. The number of carbonyl (C=O) groups is 2. The first-order valence-corrected chi connectivity index (χ1v) is 13.5. The lowest BCUT2D eigenvalue weighted by Crippen LogP contribution is -2.59. The molecule has 0 saturated carbocycles. The summed E-state index contributed by atoms with van der Waals surface area (Å²) in [7, 11) is 1.60. The number of methoxy groups -OCH3 is 1. The first-order valence-electron chi connectivity index (χ1n) is 13.5. The highest BCUT2D eigenvalue weighted by Crippen LogP contribution is 2.46. The third-order valence-electron chi connectivity index (χ3n) is 8.33. The van der Waals surface area contributed by atoms with E-state index in [4.69, 9.17) is 9.47 Å². The third-order valence-corrected chi connectivity index (χ3v) is 8.33. The van der Waals surface area contributed by atoms with Gasteiger partial charge in [-0.1, -0.05) is 48.6 Å². The second-order valence-corrected chi connectivity index (χ2v) is 10.7. The van der Waals surface area contributed by atoms with Crippen LogP contribution in [0.5, 0.6) is 5.75 Å². The number of ether oxygens (including phenoxy) is 2. The summed E-state index contributed by atoms with van der Waals surface area (Å²) < 4.78 is 41.5. The molecule has 0 aliphatic carbocycles. The first kappa shape index (κ1) is 26.9. The second-order valence-electron chi connectivity index (χ2n) is 10.7. The molecule has 1 spiro atoms. The van der Waals surface area contributed by atoms with E-state index in [0.717, 1.165) is 17.7 Å². The Kier molecular flexibility index (Phi) is 6.73. The van der Waals surface area contributed by atoms with E-state index in [0.29, 0.717) is 25.1 Å². The van der Waals surface area contributed by atoms with Crippen molar-refractivity contribution in [1.29, 1.82) is 0 Å². The van der Waals surface area contributed by atoms with Crippen LogP contribution in [0.3, 0.4) is 0 Å². The number of nitrogens with one attached hydrogen (secondary N) is 1. The maximum absolute atomic E-state index is 14.3. The van der Waals surface area contributed by atoms with Gasteiger partial charge in [-0.3, -0.25) is 14.4 Å². The molecule has 1 unspecified atom stereocenters. The SMILES string of the molecule is CO[C@H]1C=CC(C)N2C[C@@]13CCc1c(C(=O)NCc4ccc(F)cc4F)c(=O)c(OCc4ccccc4)c(n13)C2=O. The molecule has 1 N–H and O–H groups in total. The van der Waals surface area contributed by atoms with Crippen LogP contribution in [0.1, 0.15) is 51.0 Å². The normalized spacial score (nSPS) is 22.3. The molecule has 10 heteroatoms. The van der Waals surface area contributed by atoms with Crippen molar-refractivity contribution in [2.75, 3.05) is 13.7 Å². The van der Waals surface area contributed by atoms with E-state index in [2.05, 4.69) is 5.32 Å². The van der Waals surface area contributed by atoms with Crippen LogP contribution in [-0.2, 0) is 29.8 Å². The van der Waals surface area contributed by atoms with E-state index in [1.165, 1.54) is 6.07 Å². The molecule has 3 aliphatic heterocycles. The number of hydrogen-bond acceptors (Lipinski definition) is 5. The predicted octanol–water partition coefficient (Wildman–Crippen LogP) is 3.71. The fraction of sp³-hybridized carbons (Fsp3) is 0.323. The van der Waals surface area contributed by atoms with Gasteiger partial charge >= 0.3 is 0 Å². The zero-order valence-electron chi connectivity index (χ0n) is 22.7. The summed E-state index contributed by atoms with van der Waals surface area (Å²) in [6.07, 6.45) is 4.28. The average molecular weight is 562 g/mol. The van der Waals surface area contributed by atoms with Crippen molar-refractivity contribution in [3.63, 3.8) is 0 Å². The number of benzene rings is 2. The summed E-state index contributed by atoms with van der Waals surface area (Å²) >= 11 is 0. The van der Waals surface area contributed by atoms with E-state index in [9.17, 15) is 23.2 Å². The molecule has 0 radical (unpaired) electrons. The Balaban J connectivity index is 1.50. The molecule has 41 heavy (non-hydrogen) atoms. The molecule has 3 aromatic rings. The van der Waals surface area contributed by atoms with Crippen LogP contribution < -0.4 is 15.5 Å². The number of amides is 2. The fourth-order valence-electron chi connectivity index (χ4n) is 6.28. The van der Waals surface area contributed by atoms with Crippen molar-refractivity contribution < 1.29 is 27.8 Å². The van der Waals surface area contributed by atoms with Crippen molar-refractivity contribution in [2.45, 2.75) is 50.6 Å². The summed E-state index contributed by atoms with van der Waals surface area (Å²) in [6, 6.07) is 12.0. The molecule has 212 valence electrons. The van der Waals surface area contributed by atoms with Gasteiger partial charge < -0.3 is 24.3 Å². The Labute approximate surface area is 235 Å². The summed E-state index contributed by atoms with van der Waals surface area (Å²) in [5.41, 5.74) is -0.267. The highest BCUT2D eigenvalue weighted by atomic mass is 19.1. The molecule has 6 rings (SSSR count). The number of nitrogens with zero attached hydrogens (tertiary/aromatic N) is 2. The number of halogens is 2. The molecule has 4 heterocycles. The van der Waals surface area contributed by atoms with Gasteiger partial charge in [0.25, 0.3) is 11.8 Å². The topological polar surface area (TPSA) is 89.9 Å². The molecule has 0 saturated heterocycles. The summed E-state index contributed by atoms with van der Waals surface area (Å²) in [4.78, 5) is 43.4. The van der Waals surface area contributed by atoms with Crippen molar-refractivity contribution in [3.8, 4) is 5.75 Å². The van der Waals surface area contributed by atoms with Gasteiger partial charge in [0.2, 0.25) is 5.43 Å². The Hall–Kier alpha value is -4.31. The van der Waals surface area contributed by atoms with Crippen LogP contribution in [-0.4, -0.2) is 47.1 Å². The van der Waals surface area contributed by atoms with Gasteiger partial charge in [-0.15, -0.1) is 0 Å². The van der Waals surface area contributed by atoms with Gasteiger partial charge in [0, 0.05) is 43.6 Å². The van der Waals surface area contributed by atoms with Crippen molar-refractivity contribution in [1.82, 2.24) is 14.8 Å². The van der Waals surface area contributed by atoms with E-state index < -0.39 is 34.6 Å². The number of fused-ring (bicyclic) bond motifs is 1. The zero-order chi connectivity index (χ0) is 28.9. The fourth-order valence-corrected chi connectivity index (χ4v) is 6.28. The maximum atomic E-state index is 14.3. The molecule has 2 aromatic carbocycles. The number of aromatic nitrogens is 1. The van der Waals surface area contributed by atoms with E-state index >= 15 is 0 Å². The molecular formula is C31H29F2N3O5. The van der Waals surface area contributed by atoms with Crippen molar-refractivity contribution in [3.05, 3.63) is 111 Å². The van der Waals surface area contributed by atoms with Gasteiger partial charge in [0.1, 0.15) is 29.9 Å². The Morgan fingerprint density at radius 3 is 2.63 bits per heavy atom. The minimum absolute atomic E-state index is 0.00602. The average Bonchev–Trinajstić information content (AvgIpc) is 3.28. The first-order chi connectivity index (χ1) is 19.7. The summed E-state index contributed by atoms with van der Waals surface area (Å²) in [6.45, 7) is 1.99. The minimum Gasteiger partial charge on any atom is -0.483 e. The lowest BCUT2D eigenvalue weighted by molar-refractivity contribution is -0.00179. The molecule has 3 aliphatic rings. The highest BCUT2D eigenvalue weighted by Gasteiger charge is 2.55. The smallest absolute Gasteiger partial charge is 0.275 e. The highest BCUT2D eigenvalue weighted by molar-refractivity contribution is 6.01. The van der Waals surface area contributed by atoms with E-state index in [1.807, 2.05) is 49.4 Å². The third kappa shape index (κ3) is 4.33. The standard InChI is InChI=1S/C31H29F2N3O5/c1-18-8-11-24(40-2)31-13-12-23-25(29(38)34-15-20-9-10-21(32)14-22(20)33)27(37)28(41-16-19-6-4-3-5-7-19)26(36(23)31)30(39)35(18)17-31/h3-11,14,18,24H,12-13,15-17H2,1-2H3,(H,34,38)/t18?,24-,31-/m0/s1. The monoisotopic (exact) mass is 561 g/mol. The molecule has 3 atom stereocenters. The van der Waals surface area contributed by atoms with Gasteiger partial charge in [-0.25, -0.2) is 8.78 Å². The quantitative estimate of drug-likeness (QED) is 0.445. The molecule has 1 aromatic heterocycles. The Morgan fingerprint density at radius 2 is 1.90 bits per heavy atom. The molecule has 2 bridgehead atoms. The van der Waals surface area contributed by atoms with E-state index in [-0.39, 0.29) is 47.7 Å². The zero-order valence-corrected chi connectivity index (χ0v) is 22.7. The van der Waals surface area contributed by atoms with Crippen LogP contribution >= 0.6 is 0 Å². The molecule has 8 nitrogen and oxygen atoms in total. The lowest BCUT2D eigenvalue weighted by Gasteiger charge is -2.46. The molecular weight excluding hydrogens is 532 g/mol. The van der Waals surface area contributed by atoms with E-state index in [1.54, 1.807) is 16.6 Å². The van der Waals surface area contributed by atoms with Gasteiger partial charge in [0.05, 0.1) is 5.54 Å². The van der Waals surface area contributed by atoms with Crippen LogP contribution in [0.15, 0.2) is 65.5 Å². The number of rotatable bonds is 7. The van der Waals surface area contributed by atoms with Crippen LogP contribution in [0.4, 0.5) is 8.78 Å².